The van der Waals surface area contributed by atoms with E-state index >= 15 is 0 Å². The minimum absolute atomic E-state index is 0.260. The third kappa shape index (κ3) is 1.24. The topological polar surface area (TPSA) is 20.2 Å². The summed E-state index contributed by atoms with van der Waals surface area (Å²) >= 11 is 5.73. The third-order valence-electron chi connectivity index (χ3n) is 1.48. The number of benzene rings is 1. The van der Waals surface area contributed by atoms with Crippen molar-refractivity contribution in [3.8, 4) is 5.75 Å². The molecule has 0 heterocycles. The quantitative estimate of drug-likeness (QED) is 0.613. The van der Waals surface area contributed by atoms with Crippen LogP contribution in [0.5, 0.6) is 5.75 Å². The zero-order valence-electron chi connectivity index (χ0n) is 5.98. The van der Waals surface area contributed by atoms with Gasteiger partial charge >= 0.3 is 0 Å². The number of hydrogen-bond donors (Lipinski definition) is 1. The van der Waals surface area contributed by atoms with Crippen LogP contribution in [0.15, 0.2) is 12.1 Å². The van der Waals surface area contributed by atoms with Crippen LogP contribution < -0.4 is 0 Å². The van der Waals surface area contributed by atoms with E-state index in [9.17, 15) is 0 Å². The predicted octanol–water partition coefficient (Wildman–Crippen LogP) is 2.66. The van der Waals surface area contributed by atoms with Crippen molar-refractivity contribution in [2.75, 3.05) is 0 Å². The van der Waals surface area contributed by atoms with Crippen molar-refractivity contribution >= 4 is 11.6 Å². The Bertz CT molecular complexity index is 205. The molecule has 0 amide bonds. The zero-order valence-corrected chi connectivity index (χ0v) is 6.74. The molecule has 0 bridgehead atoms. The smallest absolute Gasteiger partial charge is 0.119 e. The highest BCUT2D eigenvalue weighted by Crippen LogP contribution is 2.24. The molecule has 0 aliphatic rings. The van der Waals surface area contributed by atoms with Gasteiger partial charge in [0.15, 0.2) is 0 Å². The van der Waals surface area contributed by atoms with Crippen LogP contribution in [-0.4, -0.2) is 5.11 Å². The van der Waals surface area contributed by atoms with E-state index in [1.54, 1.807) is 6.07 Å². The van der Waals surface area contributed by atoms with Gasteiger partial charge < -0.3 is 5.11 Å². The van der Waals surface area contributed by atoms with Gasteiger partial charge in [-0.2, -0.15) is 0 Å². The maximum atomic E-state index is 9.14. The lowest BCUT2D eigenvalue weighted by Crippen LogP contribution is -1.78. The molecular weight excluding hydrogens is 148 g/mol. The summed E-state index contributed by atoms with van der Waals surface area (Å²) in [7, 11) is 0. The number of aromatic hydroxyl groups is 1. The molecule has 0 aliphatic carbocycles. The molecular formula is C8H9ClO. The molecule has 0 unspecified atom stereocenters. The van der Waals surface area contributed by atoms with Crippen molar-refractivity contribution in [1.82, 2.24) is 0 Å². The number of hydrogen-bond acceptors (Lipinski definition) is 1. The number of aryl methyl sites for hydroxylation is 2. The molecule has 0 fully saturated rings. The molecule has 0 saturated carbocycles. The van der Waals surface area contributed by atoms with E-state index in [1.807, 2.05) is 19.9 Å². The first kappa shape index (κ1) is 7.42. The van der Waals surface area contributed by atoms with Gasteiger partial charge in [0.05, 0.1) is 0 Å². The van der Waals surface area contributed by atoms with E-state index in [2.05, 4.69) is 0 Å². The SMILES string of the molecule is Cc1cc(C)c(Cl)cc1O. The summed E-state index contributed by atoms with van der Waals surface area (Å²) in [5.74, 6) is 0.260. The molecule has 1 nitrogen and oxygen atoms in total. The van der Waals surface area contributed by atoms with Crippen LogP contribution in [0.3, 0.4) is 0 Å². The Morgan fingerprint density at radius 2 is 1.80 bits per heavy atom. The lowest BCUT2D eigenvalue weighted by Gasteiger charge is -2.01. The first-order valence-corrected chi connectivity index (χ1v) is 3.45. The highest BCUT2D eigenvalue weighted by Gasteiger charge is 1.99. The number of phenols is 1. The fourth-order valence-electron chi connectivity index (χ4n) is 0.815. The Kier molecular flexibility index (Phi) is 1.86. The second kappa shape index (κ2) is 2.51. The molecule has 0 radical (unpaired) electrons. The van der Waals surface area contributed by atoms with Crippen molar-refractivity contribution in [1.29, 1.82) is 0 Å². The average Bonchev–Trinajstić information content (AvgIpc) is 1.84. The summed E-state index contributed by atoms with van der Waals surface area (Å²) in [5, 5.41) is 9.75. The molecule has 1 rings (SSSR count). The molecule has 1 aromatic rings. The van der Waals surface area contributed by atoms with Gasteiger partial charge in [0.1, 0.15) is 5.75 Å². The highest BCUT2D eigenvalue weighted by atomic mass is 35.5. The van der Waals surface area contributed by atoms with Crippen molar-refractivity contribution in [2.45, 2.75) is 13.8 Å². The van der Waals surface area contributed by atoms with Crippen LogP contribution in [-0.2, 0) is 0 Å². The summed E-state index contributed by atoms with van der Waals surface area (Å²) in [4.78, 5) is 0. The summed E-state index contributed by atoms with van der Waals surface area (Å²) in [6, 6.07) is 3.42. The Hall–Kier alpha value is -0.690. The van der Waals surface area contributed by atoms with Crippen LogP contribution in [0.25, 0.3) is 0 Å². The summed E-state index contributed by atoms with van der Waals surface area (Å²) < 4.78 is 0. The van der Waals surface area contributed by atoms with Gasteiger partial charge in [0, 0.05) is 5.02 Å². The minimum atomic E-state index is 0.260. The van der Waals surface area contributed by atoms with Gasteiger partial charge in [0.25, 0.3) is 0 Å². The first-order valence-electron chi connectivity index (χ1n) is 3.07. The van der Waals surface area contributed by atoms with E-state index in [4.69, 9.17) is 16.7 Å². The lowest BCUT2D eigenvalue weighted by atomic mass is 10.1. The molecule has 0 aliphatic heterocycles. The number of halogens is 1. The fourth-order valence-corrected chi connectivity index (χ4v) is 0.973. The zero-order chi connectivity index (χ0) is 7.72. The summed E-state index contributed by atoms with van der Waals surface area (Å²) in [6.07, 6.45) is 0. The molecule has 0 atom stereocenters. The van der Waals surface area contributed by atoms with Crippen LogP contribution in [0, 0.1) is 13.8 Å². The Labute approximate surface area is 65.3 Å². The van der Waals surface area contributed by atoms with Crippen molar-refractivity contribution in [3.63, 3.8) is 0 Å². The molecule has 0 aromatic heterocycles. The average molecular weight is 157 g/mol. The van der Waals surface area contributed by atoms with Crippen LogP contribution >= 0.6 is 11.6 Å². The highest BCUT2D eigenvalue weighted by molar-refractivity contribution is 6.31. The summed E-state index contributed by atoms with van der Waals surface area (Å²) in [6.45, 7) is 3.76. The van der Waals surface area contributed by atoms with Gasteiger partial charge in [-0.3, -0.25) is 0 Å². The van der Waals surface area contributed by atoms with Gasteiger partial charge in [-0.15, -0.1) is 0 Å². The normalized spacial score (nSPS) is 9.90. The molecule has 1 aromatic carbocycles. The second-order valence-corrected chi connectivity index (χ2v) is 2.80. The number of phenolic OH excluding ortho intramolecular Hbond substituents is 1. The van der Waals surface area contributed by atoms with Gasteiger partial charge in [-0.05, 0) is 31.0 Å². The third-order valence-corrected chi connectivity index (χ3v) is 1.88. The summed E-state index contributed by atoms with van der Waals surface area (Å²) in [5.41, 5.74) is 1.86. The maximum Gasteiger partial charge on any atom is 0.119 e. The Morgan fingerprint density at radius 1 is 1.20 bits per heavy atom. The van der Waals surface area contributed by atoms with E-state index in [1.165, 1.54) is 0 Å². The van der Waals surface area contributed by atoms with Gasteiger partial charge in [-0.25, -0.2) is 0 Å². The van der Waals surface area contributed by atoms with Gasteiger partial charge in [0.2, 0.25) is 0 Å². The van der Waals surface area contributed by atoms with E-state index in [0.717, 1.165) is 11.1 Å². The molecule has 0 saturated heterocycles. The predicted molar refractivity (Wildman–Crippen MR) is 42.6 cm³/mol. The first-order chi connectivity index (χ1) is 4.61. The standard InChI is InChI=1S/C8H9ClO/c1-5-3-6(2)8(10)4-7(5)9/h3-4,10H,1-2H3. The van der Waals surface area contributed by atoms with Crippen molar-refractivity contribution in [3.05, 3.63) is 28.3 Å². The molecule has 2 heteroatoms. The van der Waals surface area contributed by atoms with E-state index in [0.29, 0.717) is 5.02 Å². The maximum absolute atomic E-state index is 9.14. The lowest BCUT2D eigenvalue weighted by molar-refractivity contribution is 0.471. The van der Waals surface area contributed by atoms with Crippen LogP contribution in [0.2, 0.25) is 5.02 Å². The van der Waals surface area contributed by atoms with E-state index < -0.39 is 0 Å². The molecule has 10 heavy (non-hydrogen) atoms. The van der Waals surface area contributed by atoms with Crippen LogP contribution in [0.4, 0.5) is 0 Å². The Morgan fingerprint density at radius 3 is 2.30 bits per heavy atom. The number of rotatable bonds is 0. The van der Waals surface area contributed by atoms with E-state index in [-0.39, 0.29) is 5.75 Å². The van der Waals surface area contributed by atoms with Crippen molar-refractivity contribution in [2.24, 2.45) is 0 Å². The molecule has 1 N–H and O–H groups in total. The minimum Gasteiger partial charge on any atom is -0.508 e. The Balaban J connectivity index is 3.28. The molecule has 0 spiro atoms. The molecule has 54 valence electrons. The van der Waals surface area contributed by atoms with Crippen molar-refractivity contribution < 1.29 is 5.11 Å². The largest absolute Gasteiger partial charge is 0.508 e. The monoisotopic (exact) mass is 156 g/mol. The van der Waals surface area contributed by atoms with Gasteiger partial charge in [-0.1, -0.05) is 17.7 Å². The second-order valence-electron chi connectivity index (χ2n) is 2.39. The van der Waals surface area contributed by atoms with Crippen LogP contribution in [0.1, 0.15) is 11.1 Å². The fraction of sp³-hybridized carbons (Fsp3) is 0.250.